The van der Waals surface area contributed by atoms with Crippen LogP contribution in [0.5, 0.6) is 5.88 Å². The van der Waals surface area contributed by atoms with Crippen LogP contribution in [-0.2, 0) is 33.9 Å². The lowest BCUT2D eigenvalue weighted by molar-refractivity contribution is -0.145. The molecule has 6 rings (SSSR count). The largest absolute Gasteiger partial charge is 0.468 e. The third-order valence-corrected chi connectivity index (χ3v) is 9.49. The molecular weight excluding hydrogens is 561 g/mol. The van der Waals surface area contributed by atoms with Gasteiger partial charge in [0.2, 0.25) is 21.7 Å². The Morgan fingerprint density at radius 2 is 1.85 bits per heavy atom. The highest BCUT2D eigenvalue weighted by Gasteiger charge is 2.45. The van der Waals surface area contributed by atoms with E-state index >= 15 is 0 Å². The number of pyridine rings is 3. The molecule has 0 bridgehead atoms. The van der Waals surface area contributed by atoms with Gasteiger partial charge in [0, 0.05) is 37.4 Å². The topological polar surface area (TPSA) is 112 Å². The summed E-state index contributed by atoms with van der Waals surface area (Å²) in [5, 5.41) is 7.08. The van der Waals surface area contributed by atoms with Gasteiger partial charge in [0.25, 0.3) is 0 Å². The van der Waals surface area contributed by atoms with Crippen molar-refractivity contribution in [3.8, 4) is 5.88 Å². The van der Waals surface area contributed by atoms with E-state index in [1.54, 1.807) is 19.1 Å². The van der Waals surface area contributed by atoms with Crippen molar-refractivity contribution in [1.82, 2.24) is 28.9 Å². The summed E-state index contributed by atoms with van der Waals surface area (Å²) in [6, 6.07) is 8.35. The second-order valence-electron chi connectivity index (χ2n) is 10.4. The van der Waals surface area contributed by atoms with E-state index in [9.17, 15) is 21.6 Å². The molecule has 1 fully saturated rings. The minimum atomic E-state index is -4.63. The lowest BCUT2D eigenvalue weighted by Gasteiger charge is -2.37. The standard InChI is InChI=1S/C27H27F3N6O4S/c1-17-5-6-20(14-19-7-11-36-23(18(19)2)33-34-25(36)27(28,29)30)32-21(17)15-35-16-26(8-12-39-13-9-26)40-24-22(41(35,37)38)4-3-10-31-24/h3-7,10-11H,8-9,12-16H2,1-2H3. The van der Waals surface area contributed by atoms with Gasteiger partial charge in [-0.25, -0.2) is 13.4 Å². The number of hydrogen-bond acceptors (Lipinski definition) is 8. The molecule has 0 saturated carbocycles. The summed E-state index contributed by atoms with van der Waals surface area (Å²) in [7, 11) is -3.97. The van der Waals surface area contributed by atoms with Gasteiger partial charge < -0.3 is 9.47 Å². The van der Waals surface area contributed by atoms with Crippen LogP contribution in [0.3, 0.4) is 0 Å². The average Bonchev–Trinajstić information content (AvgIpc) is 3.35. The molecule has 216 valence electrons. The van der Waals surface area contributed by atoms with Crippen LogP contribution in [0, 0.1) is 13.8 Å². The van der Waals surface area contributed by atoms with Crippen LogP contribution < -0.4 is 4.74 Å². The molecule has 0 atom stereocenters. The van der Waals surface area contributed by atoms with Crippen LogP contribution in [0.25, 0.3) is 5.65 Å². The molecule has 1 saturated heterocycles. The third-order valence-electron chi connectivity index (χ3n) is 7.68. The summed E-state index contributed by atoms with van der Waals surface area (Å²) < 4.78 is 81.7. The molecule has 0 unspecified atom stereocenters. The van der Waals surface area contributed by atoms with Crippen molar-refractivity contribution in [2.75, 3.05) is 19.8 Å². The molecule has 4 aromatic heterocycles. The van der Waals surface area contributed by atoms with Gasteiger partial charge in [0.15, 0.2) is 5.65 Å². The third kappa shape index (κ3) is 5.04. The number of ether oxygens (including phenoxy) is 2. The number of halogens is 3. The van der Waals surface area contributed by atoms with E-state index < -0.39 is 27.6 Å². The van der Waals surface area contributed by atoms with E-state index in [1.807, 2.05) is 19.1 Å². The van der Waals surface area contributed by atoms with Crippen molar-refractivity contribution in [2.45, 2.75) is 56.3 Å². The van der Waals surface area contributed by atoms with Crippen molar-refractivity contribution in [3.05, 3.63) is 76.6 Å². The molecule has 10 nitrogen and oxygen atoms in total. The first-order valence-corrected chi connectivity index (χ1v) is 14.5. The van der Waals surface area contributed by atoms with Gasteiger partial charge in [-0.3, -0.25) is 9.38 Å². The minimum absolute atomic E-state index is 0.00707. The minimum Gasteiger partial charge on any atom is -0.468 e. The van der Waals surface area contributed by atoms with E-state index in [1.165, 1.54) is 22.8 Å². The van der Waals surface area contributed by atoms with Crippen molar-refractivity contribution in [2.24, 2.45) is 0 Å². The van der Waals surface area contributed by atoms with E-state index in [4.69, 9.17) is 14.5 Å². The smallest absolute Gasteiger partial charge is 0.452 e. The molecule has 0 aliphatic carbocycles. The predicted molar refractivity (Wildman–Crippen MR) is 140 cm³/mol. The fourth-order valence-electron chi connectivity index (χ4n) is 5.32. The van der Waals surface area contributed by atoms with Crippen molar-refractivity contribution < 1.29 is 31.1 Å². The Morgan fingerprint density at radius 1 is 1.07 bits per heavy atom. The van der Waals surface area contributed by atoms with Crippen molar-refractivity contribution in [3.63, 3.8) is 0 Å². The molecule has 6 heterocycles. The number of alkyl halides is 3. The molecule has 0 aromatic carbocycles. The normalized spacial score (nSPS) is 18.7. The van der Waals surface area contributed by atoms with E-state index in [2.05, 4.69) is 15.2 Å². The molecule has 2 aliphatic rings. The molecule has 0 amide bonds. The number of aromatic nitrogens is 5. The van der Waals surface area contributed by atoms with Crippen molar-refractivity contribution >= 4 is 15.7 Å². The van der Waals surface area contributed by atoms with Crippen LogP contribution >= 0.6 is 0 Å². The zero-order valence-electron chi connectivity index (χ0n) is 22.3. The van der Waals surface area contributed by atoms with E-state index in [0.717, 1.165) is 15.5 Å². The maximum atomic E-state index is 13.8. The summed E-state index contributed by atoms with van der Waals surface area (Å²) in [5.74, 6) is -0.997. The zero-order chi connectivity index (χ0) is 29.0. The van der Waals surface area contributed by atoms with Gasteiger partial charge in [0.05, 0.1) is 32.0 Å². The van der Waals surface area contributed by atoms with Crippen LogP contribution in [0.2, 0.25) is 0 Å². The summed E-state index contributed by atoms with van der Waals surface area (Å²) in [4.78, 5) is 9.04. The second-order valence-corrected chi connectivity index (χ2v) is 12.3. The van der Waals surface area contributed by atoms with Crippen LogP contribution in [0.4, 0.5) is 13.2 Å². The molecule has 4 aromatic rings. The van der Waals surface area contributed by atoms with Gasteiger partial charge in [0.1, 0.15) is 10.5 Å². The van der Waals surface area contributed by atoms with Crippen LogP contribution in [0.15, 0.2) is 47.6 Å². The predicted octanol–water partition coefficient (Wildman–Crippen LogP) is 3.88. The van der Waals surface area contributed by atoms with Gasteiger partial charge in [-0.15, -0.1) is 10.2 Å². The SMILES string of the molecule is Cc1ccc(Cc2ccn3c(C(F)(F)F)nnc3c2C)nc1CN1CC2(CCOCC2)Oc2ncccc2S1(=O)=O. The van der Waals surface area contributed by atoms with Crippen LogP contribution in [0.1, 0.15) is 46.7 Å². The van der Waals surface area contributed by atoms with Gasteiger partial charge in [-0.2, -0.15) is 17.5 Å². The van der Waals surface area contributed by atoms with Crippen LogP contribution in [-0.4, -0.2) is 62.6 Å². The van der Waals surface area contributed by atoms with Crippen molar-refractivity contribution in [1.29, 1.82) is 0 Å². The molecule has 2 aliphatic heterocycles. The number of nitrogens with zero attached hydrogens (tertiary/aromatic N) is 6. The number of sulfonamides is 1. The highest BCUT2D eigenvalue weighted by molar-refractivity contribution is 7.89. The first kappa shape index (κ1) is 27.5. The molecule has 1 spiro atoms. The maximum Gasteiger partial charge on any atom is 0.452 e. The fourth-order valence-corrected chi connectivity index (χ4v) is 6.86. The lowest BCUT2D eigenvalue weighted by atomic mass is 9.93. The zero-order valence-corrected chi connectivity index (χ0v) is 23.2. The Balaban J connectivity index is 1.33. The molecule has 41 heavy (non-hydrogen) atoms. The Kier molecular flexibility index (Phi) is 6.74. The Morgan fingerprint density at radius 3 is 2.61 bits per heavy atom. The van der Waals surface area contributed by atoms with E-state index in [0.29, 0.717) is 49.4 Å². The van der Waals surface area contributed by atoms with Gasteiger partial charge >= 0.3 is 6.18 Å². The lowest BCUT2D eigenvalue weighted by Crippen LogP contribution is -2.50. The average molecular weight is 589 g/mol. The molecule has 0 N–H and O–H groups in total. The Bertz CT molecular complexity index is 1730. The summed E-state index contributed by atoms with van der Waals surface area (Å²) in [5.41, 5.74) is 2.64. The number of aryl methyl sites for hydroxylation is 2. The van der Waals surface area contributed by atoms with Gasteiger partial charge in [-0.05, 0) is 54.8 Å². The molecular formula is C27H27F3N6O4S. The highest BCUT2D eigenvalue weighted by Crippen LogP contribution is 2.38. The molecule has 0 radical (unpaired) electrons. The monoisotopic (exact) mass is 588 g/mol. The first-order chi connectivity index (χ1) is 19.5. The summed E-state index contributed by atoms with van der Waals surface area (Å²) >= 11 is 0. The second kappa shape index (κ2) is 10.0. The van der Waals surface area contributed by atoms with Gasteiger partial charge in [-0.1, -0.05) is 6.07 Å². The quantitative estimate of drug-likeness (QED) is 0.353. The summed E-state index contributed by atoms with van der Waals surface area (Å²) in [6.45, 7) is 4.58. The summed E-state index contributed by atoms with van der Waals surface area (Å²) in [6.07, 6.45) is -0.468. The Labute approximate surface area is 234 Å². The Hall–Kier alpha value is -3.62. The highest BCUT2D eigenvalue weighted by atomic mass is 32.2. The number of hydrogen-bond donors (Lipinski definition) is 0. The maximum absolute atomic E-state index is 13.8. The number of fused-ring (bicyclic) bond motifs is 2. The fraction of sp³-hybridized carbons (Fsp3) is 0.407. The molecule has 14 heteroatoms. The first-order valence-electron chi connectivity index (χ1n) is 13.0. The number of rotatable bonds is 4. The van der Waals surface area contributed by atoms with E-state index in [-0.39, 0.29) is 29.5 Å².